The molecule has 0 saturated heterocycles. The quantitative estimate of drug-likeness (QED) is 0.889. The number of benzene rings is 1. The Morgan fingerprint density at radius 2 is 2.19 bits per heavy atom. The van der Waals surface area contributed by atoms with Gasteiger partial charge in [0.15, 0.2) is 0 Å². The average Bonchev–Trinajstić information content (AvgIpc) is 2.55. The van der Waals surface area contributed by atoms with Crippen LogP contribution >= 0.6 is 0 Å². The Balaban J connectivity index is 1.86. The maximum absolute atomic E-state index is 5.35. The van der Waals surface area contributed by atoms with Gasteiger partial charge in [0.2, 0.25) is 0 Å². The maximum Gasteiger partial charge on any atom is 0.134 e. The monoisotopic (exact) mass is 284 g/mol. The minimum atomic E-state index is 0.549. The zero-order valence-corrected chi connectivity index (χ0v) is 12.9. The summed E-state index contributed by atoms with van der Waals surface area (Å²) < 4.78 is 5.35. The van der Waals surface area contributed by atoms with Gasteiger partial charge in [-0.05, 0) is 42.3 Å². The van der Waals surface area contributed by atoms with E-state index in [1.54, 1.807) is 7.11 Å². The fourth-order valence-electron chi connectivity index (χ4n) is 3.38. The molecule has 1 aliphatic carbocycles. The molecule has 112 valence electrons. The van der Waals surface area contributed by atoms with Crippen LogP contribution in [0.1, 0.15) is 39.0 Å². The Bertz CT molecular complexity index is 611. The molecule has 1 heterocycles. The first-order chi connectivity index (χ1) is 10.3. The third kappa shape index (κ3) is 3.12. The summed E-state index contributed by atoms with van der Waals surface area (Å²) in [5.41, 5.74) is 0. The van der Waals surface area contributed by atoms with Gasteiger partial charge in [-0.15, -0.1) is 0 Å². The van der Waals surface area contributed by atoms with Crippen LogP contribution in [0.15, 0.2) is 30.5 Å². The third-order valence-corrected chi connectivity index (χ3v) is 4.67. The van der Waals surface area contributed by atoms with Crippen LogP contribution in [0.5, 0.6) is 5.75 Å². The van der Waals surface area contributed by atoms with Crippen molar-refractivity contribution in [3.8, 4) is 5.75 Å². The summed E-state index contributed by atoms with van der Waals surface area (Å²) in [6, 6.07) is 8.77. The average molecular weight is 284 g/mol. The number of nitrogens with one attached hydrogen (secondary N) is 1. The smallest absolute Gasteiger partial charge is 0.134 e. The molecule has 2 atom stereocenters. The van der Waals surface area contributed by atoms with E-state index in [0.29, 0.717) is 6.04 Å². The van der Waals surface area contributed by atoms with E-state index in [0.717, 1.165) is 22.9 Å². The lowest BCUT2D eigenvalue weighted by Crippen LogP contribution is -2.27. The van der Waals surface area contributed by atoms with Crippen molar-refractivity contribution in [2.24, 2.45) is 5.92 Å². The van der Waals surface area contributed by atoms with Gasteiger partial charge in [-0.2, -0.15) is 0 Å². The van der Waals surface area contributed by atoms with E-state index in [-0.39, 0.29) is 0 Å². The zero-order valence-electron chi connectivity index (χ0n) is 12.9. The fraction of sp³-hybridized carbons (Fsp3) is 0.500. The number of aromatic nitrogens is 1. The van der Waals surface area contributed by atoms with E-state index in [2.05, 4.69) is 35.4 Å². The molecule has 1 aromatic heterocycles. The number of fused-ring (bicyclic) bond motifs is 1. The van der Waals surface area contributed by atoms with Crippen molar-refractivity contribution in [3.05, 3.63) is 30.5 Å². The summed E-state index contributed by atoms with van der Waals surface area (Å²) in [4.78, 5) is 4.56. The van der Waals surface area contributed by atoms with Crippen molar-refractivity contribution in [1.29, 1.82) is 0 Å². The molecule has 1 aromatic carbocycles. The minimum absolute atomic E-state index is 0.549. The van der Waals surface area contributed by atoms with E-state index in [4.69, 9.17) is 4.74 Å². The number of nitrogens with zero attached hydrogens (tertiary/aromatic N) is 1. The highest BCUT2D eigenvalue weighted by Gasteiger charge is 2.21. The molecule has 3 heteroatoms. The van der Waals surface area contributed by atoms with Crippen LogP contribution in [0.4, 0.5) is 5.82 Å². The van der Waals surface area contributed by atoms with Crippen LogP contribution in [-0.2, 0) is 0 Å². The molecule has 0 spiro atoms. The Morgan fingerprint density at radius 3 is 3.00 bits per heavy atom. The van der Waals surface area contributed by atoms with Gasteiger partial charge in [-0.1, -0.05) is 32.3 Å². The summed E-state index contributed by atoms with van der Waals surface area (Å²) >= 11 is 0. The summed E-state index contributed by atoms with van der Waals surface area (Å²) in [6.07, 6.45) is 8.39. The topological polar surface area (TPSA) is 34.2 Å². The van der Waals surface area contributed by atoms with Gasteiger partial charge in [-0.3, -0.25) is 0 Å². The van der Waals surface area contributed by atoms with E-state index < -0.39 is 0 Å². The fourth-order valence-corrected chi connectivity index (χ4v) is 3.38. The van der Waals surface area contributed by atoms with E-state index in [1.807, 2.05) is 12.3 Å². The molecule has 1 aliphatic rings. The zero-order chi connectivity index (χ0) is 14.7. The molecule has 0 aliphatic heterocycles. The van der Waals surface area contributed by atoms with Crippen molar-refractivity contribution in [1.82, 2.24) is 4.98 Å². The number of rotatable bonds is 4. The second-order valence-corrected chi connectivity index (χ2v) is 6.03. The molecular weight excluding hydrogens is 260 g/mol. The van der Waals surface area contributed by atoms with Crippen molar-refractivity contribution in [2.75, 3.05) is 12.4 Å². The third-order valence-electron chi connectivity index (χ3n) is 4.67. The van der Waals surface area contributed by atoms with Crippen LogP contribution in [-0.4, -0.2) is 18.1 Å². The van der Waals surface area contributed by atoms with Crippen LogP contribution in [0, 0.1) is 5.92 Å². The summed E-state index contributed by atoms with van der Waals surface area (Å²) in [6.45, 7) is 2.30. The number of hydrogen-bond acceptors (Lipinski definition) is 3. The second-order valence-electron chi connectivity index (χ2n) is 6.03. The number of ether oxygens (including phenoxy) is 1. The highest BCUT2D eigenvalue weighted by atomic mass is 16.5. The van der Waals surface area contributed by atoms with Gasteiger partial charge in [-0.25, -0.2) is 4.98 Å². The molecule has 21 heavy (non-hydrogen) atoms. The predicted octanol–water partition coefficient (Wildman–Crippen LogP) is 4.62. The van der Waals surface area contributed by atoms with E-state index in [1.165, 1.54) is 37.5 Å². The summed E-state index contributed by atoms with van der Waals surface area (Å²) in [5, 5.41) is 6.03. The van der Waals surface area contributed by atoms with Gasteiger partial charge in [0.05, 0.1) is 7.11 Å². The lowest BCUT2D eigenvalue weighted by molar-refractivity contribution is 0.327. The number of pyridine rings is 1. The van der Waals surface area contributed by atoms with Crippen molar-refractivity contribution in [3.63, 3.8) is 0 Å². The Hall–Kier alpha value is -1.77. The highest BCUT2D eigenvalue weighted by Crippen LogP contribution is 2.31. The molecule has 0 amide bonds. The molecule has 0 bridgehead atoms. The van der Waals surface area contributed by atoms with Crippen molar-refractivity contribution >= 4 is 16.6 Å². The molecule has 1 N–H and O–H groups in total. The molecule has 1 saturated carbocycles. The lowest BCUT2D eigenvalue weighted by atomic mass is 9.84. The molecule has 2 unspecified atom stereocenters. The van der Waals surface area contributed by atoms with Crippen LogP contribution in [0.25, 0.3) is 10.8 Å². The SMILES string of the molecule is CCC1CCCC(Nc2nccc3ccc(OC)cc23)C1. The molecular formula is C18H24N2O. The van der Waals surface area contributed by atoms with Crippen LogP contribution in [0.3, 0.4) is 0 Å². The van der Waals surface area contributed by atoms with Gasteiger partial charge in [0, 0.05) is 17.6 Å². The molecule has 3 rings (SSSR count). The van der Waals surface area contributed by atoms with Gasteiger partial charge in [0.25, 0.3) is 0 Å². The Morgan fingerprint density at radius 1 is 1.29 bits per heavy atom. The first kappa shape index (κ1) is 14.2. The van der Waals surface area contributed by atoms with Crippen molar-refractivity contribution < 1.29 is 4.74 Å². The van der Waals surface area contributed by atoms with Crippen LogP contribution in [0.2, 0.25) is 0 Å². The standard InChI is InChI=1S/C18H24N2O/c1-3-13-5-4-6-15(11-13)20-18-17-12-16(21-2)8-7-14(17)9-10-19-18/h7-10,12-13,15H,3-6,11H2,1-2H3,(H,19,20). The minimum Gasteiger partial charge on any atom is -0.497 e. The number of methoxy groups -OCH3 is 1. The van der Waals surface area contributed by atoms with E-state index in [9.17, 15) is 0 Å². The Labute approximate surface area is 126 Å². The van der Waals surface area contributed by atoms with Crippen molar-refractivity contribution in [2.45, 2.75) is 45.1 Å². The summed E-state index contributed by atoms with van der Waals surface area (Å²) in [5.74, 6) is 2.74. The lowest BCUT2D eigenvalue weighted by Gasteiger charge is -2.29. The normalized spacial score (nSPS) is 22.2. The molecule has 3 nitrogen and oxygen atoms in total. The summed E-state index contributed by atoms with van der Waals surface area (Å²) in [7, 11) is 1.71. The maximum atomic E-state index is 5.35. The number of hydrogen-bond donors (Lipinski definition) is 1. The number of anilines is 1. The van der Waals surface area contributed by atoms with Gasteiger partial charge >= 0.3 is 0 Å². The largest absolute Gasteiger partial charge is 0.497 e. The first-order valence-electron chi connectivity index (χ1n) is 7.99. The molecule has 1 fully saturated rings. The first-order valence-corrected chi connectivity index (χ1v) is 7.99. The predicted molar refractivity (Wildman–Crippen MR) is 88.0 cm³/mol. The molecule has 2 aromatic rings. The highest BCUT2D eigenvalue weighted by molar-refractivity contribution is 5.92. The Kier molecular flexibility index (Phi) is 4.28. The van der Waals surface area contributed by atoms with Gasteiger partial charge < -0.3 is 10.1 Å². The van der Waals surface area contributed by atoms with E-state index >= 15 is 0 Å². The van der Waals surface area contributed by atoms with Gasteiger partial charge in [0.1, 0.15) is 11.6 Å². The second kappa shape index (κ2) is 6.33. The van der Waals surface area contributed by atoms with Crippen LogP contribution < -0.4 is 10.1 Å². The molecule has 0 radical (unpaired) electrons.